The zero-order valence-corrected chi connectivity index (χ0v) is 10.8. The summed E-state index contributed by atoms with van der Waals surface area (Å²) >= 11 is 0. The van der Waals surface area contributed by atoms with Gasteiger partial charge in [-0.2, -0.15) is 5.10 Å². The van der Waals surface area contributed by atoms with Gasteiger partial charge in [0.25, 0.3) is 0 Å². The van der Waals surface area contributed by atoms with Gasteiger partial charge in [0.2, 0.25) is 0 Å². The molecule has 0 fully saturated rings. The maximum absolute atomic E-state index is 4.67. The van der Waals surface area contributed by atoms with Crippen molar-refractivity contribution in [3.63, 3.8) is 0 Å². The minimum absolute atomic E-state index is 0.520. The Morgan fingerprint density at radius 1 is 1.22 bits per heavy atom. The zero-order valence-electron chi connectivity index (χ0n) is 10.8. The quantitative estimate of drug-likeness (QED) is 0.827. The van der Waals surface area contributed by atoms with Gasteiger partial charge < -0.3 is 0 Å². The van der Waals surface area contributed by atoms with Gasteiger partial charge in [0.1, 0.15) is 5.82 Å². The highest BCUT2D eigenvalue weighted by Crippen LogP contribution is 2.22. The second-order valence-corrected chi connectivity index (χ2v) is 5.12. The van der Waals surface area contributed by atoms with Crippen LogP contribution in [0, 0.1) is 0 Å². The molecule has 0 saturated heterocycles. The molecule has 0 saturated carbocycles. The minimum Gasteiger partial charge on any atom is -0.247 e. The fourth-order valence-electron chi connectivity index (χ4n) is 2.61. The first-order valence-corrected chi connectivity index (χ1v) is 6.81. The van der Waals surface area contributed by atoms with Crippen molar-refractivity contribution in [3.8, 4) is 0 Å². The molecule has 2 heterocycles. The summed E-state index contributed by atoms with van der Waals surface area (Å²) in [6.07, 6.45) is 5.53. The summed E-state index contributed by atoms with van der Waals surface area (Å²) in [5.74, 6) is 2.18. The van der Waals surface area contributed by atoms with Gasteiger partial charge in [-0.25, -0.2) is 9.67 Å². The lowest BCUT2D eigenvalue weighted by Crippen LogP contribution is -2.16. The largest absolute Gasteiger partial charge is 0.247 e. The van der Waals surface area contributed by atoms with Gasteiger partial charge in [-0.1, -0.05) is 30.3 Å². The van der Waals surface area contributed by atoms with Crippen LogP contribution in [0.3, 0.4) is 0 Å². The summed E-state index contributed by atoms with van der Waals surface area (Å²) < 4.78 is 2.13. The van der Waals surface area contributed by atoms with E-state index >= 15 is 0 Å². The second kappa shape index (κ2) is 4.92. The van der Waals surface area contributed by atoms with Crippen molar-refractivity contribution in [2.75, 3.05) is 0 Å². The summed E-state index contributed by atoms with van der Waals surface area (Å²) in [5, 5.41) is 4.65. The molecule has 0 amide bonds. The summed E-state index contributed by atoms with van der Waals surface area (Å²) in [6, 6.07) is 11.1. The molecule has 1 unspecified atom stereocenters. The van der Waals surface area contributed by atoms with E-state index in [1.807, 2.05) is 0 Å². The monoisotopic (exact) mass is 241 g/mol. The van der Waals surface area contributed by atoms with Crippen molar-refractivity contribution in [1.82, 2.24) is 14.8 Å². The molecule has 94 valence electrons. The molecule has 1 aliphatic heterocycles. The minimum atomic E-state index is 0.520. The number of hydrogen-bond donors (Lipinski definition) is 0. The maximum Gasteiger partial charge on any atom is 0.151 e. The van der Waals surface area contributed by atoms with Crippen molar-refractivity contribution in [2.45, 2.75) is 45.1 Å². The van der Waals surface area contributed by atoms with Crippen LogP contribution < -0.4 is 0 Å². The number of fused-ring (bicyclic) bond motifs is 1. The summed E-state index contributed by atoms with van der Waals surface area (Å²) in [7, 11) is 0. The Kier molecular flexibility index (Phi) is 3.13. The molecular formula is C15H19N3. The third-order valence-electron chi connectivity index (χ3n) is 3.67. The van der Waals surface area contributed by atoms with Crippen LogP contribution in [0.1, 0.15) is 43.0 Å². The van der Waals surface area contributed by atoms with Crippen LogP contribution in [0.15, 0.2) is 30.3 Å². The highest BCUT2D eigenvalue weighted by molar-refractivity contribution is 5.15. The molecule has 2 aromatic rings. The average Bonchev–Trinajstić information content (AvgIpc) is 2.82. The first-order valence-electron chi connectivity index (χ1n) is 6.81. The highest BCUT2D eigenvalue weighted by atomic mass is 15.4. The number of aryl methyl sites for hydroxylation is 3. The van der Waals surface area contributed by atoms with Gasteiger partial charge in [-0.15, -0.1) is 0 Å². The number of nitrogens with zero attached hydrogens (tertiary/aromatic N) is 3. The molecule has 3 rings (SSSR count). The SMILES string of the molecule is CC1CCCc2nc(CCc3ccccc3)nn21. The lowest BCUT2D eigenvalue weighted by Gasteiger charge is -2.18. The Morgan fingerprint density at radius 2 is 2.06 bits per heavy atom. The van der Waals surface area contributed by atoms with E-state index < -0.39 is 0 Å². The maximum atomic E-state index is 4.67. The number of aromatic nitrogens is 3. The second-order valence-electron chi connectivity index (χ2n) is 5.12. The third-order valence-corrected chi connectivity index (χ3v) is 3.67. The Morgan fingerprint density at radius 3 is 2.83 bits per heavy atom. The fraction of sp³-hybridized carbons (Fsp3) is 0.467. The van der Waals surface area contributed by atoms with Crippen LogP contribution in [-0.2, 0) is 19.3 Å². The molecule has 0 spiro atoms. The van der Waals surface area contributed by atoms with Crippen LogP contribution in [-0.4, -0.2) is 14.8 Å². The van der Waals surface area contributed by atoms with E-state index in [9.17, 15) is 0 Å². The first kappa shape index (κ1) is 11.5. The molecule has 3 nitrogen and oxygen atoms in total. The number of rotatable bonds is 3. The third kappa shape index (κ3) is 2.30. The predicted molar refractivity (Wildman–Crippen MR) is 71.5 cm³/mol. The molecular weight excluding hydrogens is 222 g/mol. The molecule has 0 aliphatic carbocycles. The van der Waals surface area contributed by atoms with Crippen LogP contribution >= 0.6 is 0 Å². The van der Waals surface area contributed by atoms with Crippen molar-refractivity contribution in [1.29, 1.82) is 0 Å². The fourth-order valence-corrected chi connectivity index (χ4v) is 2.61. The van der Waals surface area contributed by atoms with E-state index in [4.69, 9.17) is 0 Å². The summed E-state index contributed by atoms with van der Waals surface area (Å²) in [5.41, 5.74) is 1.36. The first-order chi connectivity index (χ1) is 8.83. The molecule has 1 aliphatic rings. The van der Waals surface area contributed by atoms with E-state index in [2.05, 4.69) is 52.0 Å². The molecule has 1 aromatic heterocycles. The normalized spacial score (nSPS) is 18.6. The Balaban J connectivity index is 1.70. The van der Waals surface area contributed by atoms with Gasteiger partial charge >= 0.3 is 0 Å². The molecule has 0 radical (unpaired) electrons. The van der Waals surface area contributed by atoms with Gasteiger partial charge in [-0.3, -0.25) is 0 Å². The summed E-state index contributed by atoms with van der Waals surface area (Å²) in [4.78, 5) is 4.67. The Bertz CT molecular complexity index is 516. The molecule has 0 N–H and O–H groups in total. The van der Waals surface area contributed by atoms with Gasteiger partial charge in [0.15, 0.2) is 5.82 Å². The van der Waals surface area contributed by atoms with E-state index in [-0.39, 0.29) is 0 Å². The Hall–Kier alpha value is -1.64. The van der Waals surface area contributed by atoms with Crippen LogP contribution in [0.2, 0.25) is 0 Å². The molecule has 1 atom stereocenters. The van der Waals surface area contributed by atoms with Crippen LogP contribution in [0.4, 0.5) is 0 Å². The topological polar surface area (TPSA) is 30.7 Å². The van der Waals surface area contributed by atoms with Gasteiger partial charge in [-0.05, 0) is 31.7 Å². The average molecular weight is 241 g/mol. The van der Waals surface area contributed by atoms with E-state index in [1.165, 1.54) is 24.2 Å². The Labute approximate surface area is 108 Å². The molecule has 3 heteroatoms. The standard InChI is InChI=1S/C15H19N3/c1-12-6-5-9-15-16-14(17-18(12)15)11-10-13-7-3-2-4-8-13/h2-4,7-8,12H,5-6,9-11H2,1H3. The van der Waals surface area contributed by atoms with Crippen molar-refractivity contribution < 1.29 is 0 Å². The predicted octanol–water partition coefficient (Wildman–Crippen LogP) is 2.96. The van der Waals surface area contributed by atoms with E-state index in [0.717, 1.165) is 25.1 Å². The van der Waals surface area contributed by atoms with Gasteiger partial charge in [0, 0.05) is 12.8 Å². The smallest absolute Gasteiger partial charge is 0.151 e. The van der Waals surface area contributed by atoms with Crippen LogP contribution in [0.5, 0.6) is 0 Å². The lowest BCUT2D eigenvalue weighted by molar-refractivity contribution is 0.387. The lowest BCUT2D eigenvalue weighted by atomic mass is 10.1. The summed E-state index contributed by atoms with van der Waals surface area (Å²) in [6.45, 7) is 2.23. The van der Waals surface area contributed by atoms with E-state index in [1.54, 1.807) is 0 Å². The number of benzene rings is 1. The zero-order chi connectivity index (χ0) is 12.4. The van der Waals surface area contributed by atoms with Crippen molar-refractivity contribution >= 4 is 0 Å². The van der Waals surface area contributed by atoms with Crippen LogP contribution in [0.25, 0.3) is 0 Å². The molecule has 1 aromatic carbocycles. The molecule has 0 bridgehead atoms. The van der Waals surface area contributed by atoms with Gasteiger partial charge in [0.05, 0.1) is 6.04 Å². The number of hydrogen-bond acceptors (Lipinski definition) is 2. The van der Waals surface area contributed by atoms with Crippen molar-refractivity contribution in [3.05, 3.63) is 47.5 Å². The van der Waals surface area contributed by atoms with E-state index in [0.29, 0.717) is 6.04 Å². The molecule has 18 heavy (non-hydrogen) atoms. The van der Waals surface area contributed by atoms with Crippen molar-refractivity contribution in [2.24, 2.45) is 0 Å². The highest BCUT2D eigenvalue weighted by Gasteiger charge is 2.19.